The summed E-state index contributed by atoms with van der Waals surface area (Å²) >= 11 is 0. The standard InChI is InChI=1S/C16H21N7/c1-3-22(4-2)14(13-8-6-5-7-9-13)12-17-15-10-11-16-18-20-21-23(16)19-15/h5-11,14H,3-4,12H2,1-2H3,(H,17,19)/t14-/m1/s1. The number of nitrogens with zero attached hydrogens (tertiary/aromatic N) is 6. The predicted octanol–water partition coefficient (Wildman–Crippen LogP) is 2.01. The van der Waals surface area contributed by atoms with Gasteiger partial charge in [0.15, 0.2) is 5.65 Å². The Hall–Kier alpha value is -2.54. The molecule has 3 aromatic rings. The zero-order valence-electron chi connectivity index (χ0n) is 13.4. The summed E-state index contributed by atoms with van der Waals surface area (Å²) in [6.45, 7) is 7.14. The van der Waals surface area contributed by atoms with E-state index in [1.807, 2.05) is 18.2 Å². The average molecular weight is 311 g/mol. The molecule has 0 bridgehead atoms. The molecular weight excluding hydrogens is 290 g/mol. The van der Waals surface area contributed by atoms with E-state index in [0.717, 1.165) is 25.5 Å². The molecule has 0 aliphatic carbocycles. The summed E-state index contributed by atoms with van der Waals surface area (Å²) in [7, 11) is 0. The van der Waals surface area contributed by atoms with E-state index in [1.54, 1.807) is 0 Å². The second kappa shape index (κ2) is 7.15. The molecule has 1 N–H and O–H groups in total. The Labute approximate surface area is 135 Å². The summed E-state index contributed by atoms with van der Waals surface area (Å²) in [4.78, 5) is 2.43. The van der Waals surface area contributed by atoms with Crippen LogP contribution in [0.3, 0.4) is 0 Å². The van der Waals surface area contributed by atoms with E-state index >= 15 is 0 Å². The maximum absolute atomic E-state index is 4.36. The Kier molecular flexibility index (Phi) is 4.77. The summed E-state index contributed by atoms with van der Waals surface area (Å²) in [5.74, 6) is 0.762. The molecule has 0 amide bonds. The van der Waals surface area contributed by atoms with Gasteiger partial charge in [-0.25, -0.2) is 0 Å². The van der Waals surface area contributed by atoms with Gasteiger partial charge in [-0.3, -0.25) is 4.90 Å². The van der Waals surface area contributed by atoms with Gasteiger partial charge >= 0.3 is 0 Å². The number of aromatic nitrogens is 5. The SMILES string of the molecule is CCN(CC)[C@H](CNc1ccc2nnnn2n1)c1ccccc1. The largest absolute Gasteiger partial charge is 0.367 e. The molecule has 2 aromatic heterocycles. The third-order valence-electron chi connectivity index (χ3n) is 3.98. The minimum atomic E-state index is 0.289. The Balaban J connectivity index is 1.77. The van der Waals surface area contributed by atoms with Gasteiger partial charge in [0.2, 0.25) is 0 Å². The Morgan fingerprint density at radius 3 is 2.61 bits per heavy atom. The van der Waals surface area contributed by atoms with Crippen molar-refractivity contribution in [1.29, 1.82) is 0 Å². The number of hydrogen-bond acceptors (Lipinski definition) is 6. The number of benzene rings is 1. The lowest BCUT2D eigenvalue weighted by Crippen LogP contribution is -2.33. The molecule has 0 aliphatic rings. The van der Waals surface area contributed by atoms with Gasteiger partial charge in [0.1, 0.15) is 5.82 Å². The molecule has 1 atom stereocenters. The van der Waals surface area contributed by atoms with Crippen molar-refractivity contribution in [2.24, 2.45) is 0 Å². The first-order valence-electron chi connectivity index (χ1n) is 7.90. The molecular formula is C16H21N7. The van der Waals surface area contributed by atoms with E-state index < -0.39 is 0 Å². The molecule has 120 valence electrons. The van der Waals surface area contributed by atoms with Crippen LogP contribution in [0.4, 0.5) is 5.82 Å². The van der Waals surface area contributed by atoms with E-state index in [9.17, 15) is 0 Å². The fraction of sp³-hybridized carbons (Fsp3) is 0.375. The zero-order chi connectivity index (χ0) is 16.1. The van der Waals surface area contributed by atoms with Gasteiger partial charge in [-0.15, -0.1) is 14.8 Å². The molecule has 0 fully saturated rings. The van der Waals surface area contributed by atoms with Crippen LogP contribution in [0.5, 0.6) is 0 Å². The van der Waals surface area contributed by atoms with Crippen molar-refractivity contribution in [3.05, 3.63) is 48.0 Å². The lowest BCUT2D eigenvalue weighted by atomic mass is 10.1. The number of fused-ring (bicyclic) bond motifs is 1. The van der Waals surface area contributed by atoms with E-state index in [0.29, 0.717) is 5.65 Å². The molecule has 1 aromatic carbocycles. The average Bonchev–Trinajstić information content (AvgIpc) is 3.07. The zero-order valence-corrected chi connectivity index (χ0v) is 13.4. The summed E-state index contributed by atoms with van der Waals surface area (Å²) in [6, 6.07) is 14.6. The van der Waals surface area contributed by atoms with Crippen LogP contribution in [0.25, 0.3) is 5.65 Å². The van der Waals surface area contributed by atoms with Crippen LogP contribution >= 0.6 is 0 Å². The van der Waals surface area contributed by atoms with Crippen molar-refractivity contribution >= 4 is 11.5 Å². The highest BCUT2D eigenvalue weighted by Gasteiger charge is 2.17. The summed E-state index contributed by atoms with van der Waals surface area (Å²) in [5.41, 5.74) is 1.94. The quantitative estimate of drug-likeness (QED) is 0.720. The van der Waals surface area contributed by atoms with Crippen molar-refractivity contribution in [2.45, 2.75) is 19.9 Å². The van der Waals surface area contributed by atoms with Crippen LogP contribution in [-0.4, -0.2) is 49.8 Å². The maximum atomic E-state index is 4.36. The van der Waals surface area contributed by atoms with Gasteiger partial charge in [-0.1, -0.05) is 44.2 Å². The Bertz CT molecular complexity index is 736. The van der Waals surface area contributed by atoms with Crippen molar-refractivity contribution in [3.63, 3.8) is 0 Å². The van der Waals surface area contributed by atoms with E-state index in [2.05, 4.69) is 69.0 Å². The molecule has 0 radical (unpaired) electrons. The molecule has 23 heavy (non-hydrogen) atoms. The molecule has 0 spiro atoms. The Morgan fingerprint density at radius 2 is 1.87 bits per heavy atom. The van der Waals surface area contributed by atoms with Crippen molar-refractivity contribution in [2.75, 3.05) is 25.0 Å². The summed E-state index contributed by atoms with van der Waals surface area (Å²) in [6.07, 6.45) is 0. The lowest BCUT2D eigenvalue weighted by Gasteiger charge is -2.30. The van der Waals surface area contributed by atoms with Gasteiger partial charge < -0.3 is 5.32 Å². The van der Waals surface area contributed by atoms with Gasteiger partial charge in [-0.2, -0.15) is 0 Å². The van der Waals surface area contributed by atoms with E-state index in [-0.39, 0.29) is 6.04 Å². The molecule has 7 nitrogen and oxygen atoms in total. The van der Waals surface area contributed by atoms with E-state index in [4.69, 9.17) is 0 Å². The topological polar surface area (TPSA) is 71.2 Å². The summed E-state index contributed by atoms with van der Waals surface area (Å²) in [5, 5.41) is 19.1. The molecule has 0 saturated heterocycles. The summed E-state index contributed by atoms with van der Waals surface area (Å²) < 4.78 is 1.43. The van der Waals surface area contributed by atoms with Gasteiger partial charge in [0, 0.05) is 6.54 Å². The second-order valence-corrected chi connectivity index (χ2v) is 5.27. The molecule has 0 aliphatic heterocycles. The smallest absolute Gasteiger partial charge is 0.200 e. The monoisotopic (exact) mass is 311 g/mol. The first kappa shape index (κ1) is 15.4. The number of likely N-dealkylation sites (N-methyl/N-ethyl adjacent to an activating group) is 1. The fourth-order valence-corrected chi connectivity index (χ4v) is 2.74. The third kappa shape index (κ3) is 3.45. The molecule has 0 unspecified atom stereocenters. The predicted molar refractivity (Wildman–Crippen MR) is 89.2 cm³/mol. The van der Waals surface area contributed by atoms with Gasteiger partial charge in [0.25, 0.3) is 0 Å². The number of anilines is 1. The number of rotatable bonds is 7. The third-order valence-corrected chi connectivity index (χ3v) is 3.98. The Morgan fingerprint density at radius 1 is 1.09 bits per heavy atom. The number of hydrogen-bond donors (Lipinski definition) is 1. The number of nitrogens with one attached hydrogen (secondary N) is 1. The molecule has 3 rings (SSSR count). The first-order chi connectivity index (χ1) is 11.3. The first-order valence-corrected chi connectivity index (χ1v) is 7.90. The highest BCUT2D eigenvalue weighted by molar-refractivity contribution is 5.42. The van der Waals surface area contributed by atoms with Gasteiger partial charge in [0.05, 0.1) is 6.04 Å². The lowest BCUT2D eigenvalue weighted by molar-refractivity contribution is 0.228. The van der Waals surface area contributed by atoms with Crippen LogP contribution < -0.4 is 5.32 Å². The van der Waals surface area contributed by atoms with E-state index in [1.165, 1.54) is 10.2 Å². The van der Waals surface area contributed by atoms with Crippen LogP contribution in [0.1, 0.15) is 25.5 Å². The van der Waals surface area contributed by atoms with Crippen LogP contribution in [0.15, 0.2) is 42.5 Å². The molecule has 2 heterocycles. The minimum Gasteiger partial charge on any atom is -0.367 e. The highest BCUT2D eigenvalue weighted by atomic mass is 15.6. The van der Waals surface area contributed by atoms with Crippen molar-refractivity contribution < 1.29 is 0 Å². The molecule has 7 heteroatoms. The van der Waals surface area contributed by atoms with Crippen molar-refractivity contribution in [1.82, 2.24) is 30.2 Å². The van der Waals surface area contributed by atoms with Crippen LogP contribution in [0.2, 0.25) is 0 Å². The van der Waals surface area contributed by atoms with Gasteiger partial charge in [-0.05, 0) is 41.2 Å². The maximum Gasteiger partial charge on any atom is 0.200 e. The molecule has 0 saturated carbocycles. The normalized spacial score (nSPS) is 12.7. The second-order valence-electron chi connectivity index (χ2n) is 5.27. The number of tetrazole rings is 1. The van der Waals surface area contributed by atoms with Crippen LogP contribution in [0, 0.1) is 0 Å². The van der Waals surface area contributed by atoms with Crippen molar-refractivity contribution in [3.8, 4) is 0 Å². The van der Waals surface area contributed by atoms with Crippen LogP contribution in [-0.2, 0) is 0 Å². The minimum absolute atomic E-state index is 0.289. The highest BCUT2D eigenvalue weighted by Crippen LogP contribution is 2.20. The fourth-order valence-electron chi connectivity index (χ4n) is 2.74.